The first-order valence-corrected chi connectivity index (χ1v) is 26.8. The lowest BCUT2D eigenvalue weighted by Gasteiger charge is -2.21. The van der Waals surface area contributed by atoms with Crippen LogP contribution >= 0.6 is 0 Å². The Bertz CT molecular complexity index is 4250. The molecular formula is C75H50N4. The second-order valence-electron chi connectivity index (χ2n) is 19.9. The van der Waals surface area contributed by atoms with Crippen molar-refractivity contribution in [3.05, 3.63) is 303 Å². The van der Waals surface area contributed by atoms with Gasteiger partial charge in [-0.25, -0.2) is 15.0 Å². The third-order valence-electron chi connectivity index (χ3n) is 15.0. The average molecular weight is 1010 g/mol. The summed E-state index contributed by atoms with van der Waals surface area (Å²) in [5.41, 5.74) is 21.5. The van der Waals surface area contributed by atoms with Gasteiger partial charge in [-0.15, -0.1) is 0 Å². The molecule has 2 aromatic heterocycles. The standard InChI is InChI=1S/C75H50N4/c1-8-24-51(25-9-1)54-42-44-59(45-43-54)73-76-74(62-47-60(52-26-10-2-11-27-52)46-61(48-62)53-28-12-3-13-29-53)78-75(77-73)63-49-66(57-34-18-6-19-35-57)72(67(50-63)58-36-20-7-21-37-58)79-68-40-22-38-64(55-30-14-4-15-31-55)70(68)71-65(39-23-41-69(71)79)56-32-16-5-17-33-56/h1-50H. The van der Waals surface area contributed by atoms with Crippen molar-refractivity contribution in [1.29, 1.82) is 0 Å². The van der Waals surface area contributed by atoms with Gasteiger partial charge in [0.1, 0.15) is 0 Å². The zero-order chi connectivity index (χ0) is 52.5. The van der Waals surface area contributed by atoms with Gasteiger partial charge in [-0.2, -0.15) is 0 Å². The van der Waals surface area contributed by atoms with Crippen LogP contribution in [-0.4, -0.2) is 19.5 Å². The van der Waals surface area contributed by atoms with E-state index in [-0.39, 0.29) is 0 Å². The van der Waals surface area contributed by atoms with Crippen molar-refractivity contribution in [2.75, 3.05) is 0 Å². The van der Waals surface area contributed by atoms with E-state index in [9.17, 15) is 0 Å². The number of nitrogens with zero attached hydrogens (tertiary/aromatic N) is 4. The summed E-state index contributed by atoms with van der Waals surface area (Å²) in [4.78, 5) is 16.4. The Balaban J connectivity index is 1.07. The molecule has 0 aliphatic heterocycles. The first-order chi connectivity index (χ1) is 39.2. The highest BCUT2D eigenvalue weighted by Crippen LogP contribution is 2.48. The Hall–Kier alpha value is -10.6. The first-order valence-electron chi connectivity index (χ1n) is 26.8. The number of rotatable bonds is 11. The molecule has 0 spiro atoms. The van der Waals surface area contributed by atoms with Crippen LogP contribution in [0.2, 0.25) is 0 Å². The predicted octanol–water partition coefficient (Wildman–Crippen LogP) is 19.6. The van der Waals surface area contributed by atoms with Crippen LogP contribution in [0.5, 0.6) is 0 Å². The molecule has 0 saturated carbocycles. The topological polar surface area (TPSA) is 43.6 Å². The van der Waals surface area contributed by atoms with Crippen LogP contribution < -0.4 is 0 Å². The molecule has 79 heavy (non-hydrogen) atoms. The lowest BCUT2D eigenvalue weighted by molar-refractivity contribution is 1.07. The summed E-state index contributed by atoms with van der Waals surface area (Å²) in [7, 11) is 0. The molecule has 0 bridgehead atoms. The fourth-order valence-electron chi connectivity index (χ4n) is 11.3. The third kappa shape index (κ3) is 8.97. The fraction of sp³-hybridized carbons (Fsp3) is 0. The van der Waals surface area contributed by atoms with Crippen LogP contribution in [0.25, 0.3) is 140 Å². The fourth-order valence-corrected chi connectivity index (χ4v) is 11.3. The maximum absolute atomic E-state index is 5.56. The third-order valence-corrected chi connectivity index (χ3v) is 15.0. The largest absolute Gasteiger partial charge is 0.308 e. The molecule has 2 heterocycles. The molecule has 0 aliphatic rings. The molecule has 0 aliphatic carbocycles. The maximum atomic E-state index is 5.56. The summed E-state index contributed by atoms with van der Waals surface area (Å²) in [6, 6.07) is 108. The van der Waals surface area contributed by atoms with Crippen LogP contribution in [-0.2, 0) is 0 Å². The number of fused-ring (bicyclic) bond motifs is 3. The second kappa shape index (κ2) is 20.5. The number of benzene rings is 12. The maximum Gasteiger partial charge on any atom is 0.164 e. The van der Waals surface area contributed by atoms with Crippen molar-refractivity contribution in [1.82, 2.24) is 19.5 Å². The van der Waals surface area contributed by atoms with Crippen molar-refractivity contribution in [3.63, 3.8) is 0 Å². The lowest BCUT2D eigenvalue weighted by Crippen LogP contribution is -2.04. The van der Waals surface area contributed by atoms with E-state index in [4.69, 9.17) is 15.0 Å². The van der Waals surface area contributed by atoms with E-state index in [0.29, 0.717) is 17.5 Å². The summed E-state index contributed by atoms with van der Waals surface area (Å²) in [5.74, 6) is 1.74. The van der Waals surface area contributed by atoms with Gasteiger partial charge in [0.2, 0.25) is 0 Å². The lowest BCUT2D eigenvalue weighted by atomic mass is 9.92. The molecule has 0 radical (unpaired) electrons. The Morgan fingerprint density at radius 3 is 0.848 bits per heavy atom. The molecule has 0 fully saturated rings. The van der Waals surface area contributed by atoms with Crippen molar-refractivity contribution >= 4 is 21.8 Å². The Morgan fingerprint density at radius 2 is 0.468 bits per heavy atom. The normalized spacial score (nSPS) is 11.3. The van der Waals surface area contributed by atoms with Gasteiger partial charge in [0.05, 0.1) is 16.7 Å². The molecule has 370 valence electrons. The van der Waals surface area contributed by atoms with E-state index < -0.39 is 0 Å². The van der Waals surface area contributed by atoms with Crippen LogP contribution in [0.4, 0.5) is 0 Å². The van der Waals surface area contributed by atoms with Crippen molar-refractivity contribution < 1.29 is 0 Å². The van der Waals surface area contributed by atoms with Gasteiger partial charge in [0.15, 0.2) is 17.5 Å². The van der Waals surface area contributed by atoms with Crippen molar-refractivity contribution in [2.24, 2.45) is 0 Å². The first kappa shape index (κ1) is 46.9. The quantitative estimate of drug-likeness (QED) is 0.130. The Labute approximate surface area is 460 Å². The monoisotopic (exact) mass is 1010 g/mol. The molecule has 12 aromatic carbocycles. The smallest absolute Gasteiger partial charge is 0.164 e. The molecule has 0 unspecified atom stereocenters. The van der Waals surface area contributed by atoms with Gasteiger partial charge >= 0.3 is 0 Å². The predicted molar refractivity (Wildman–Crippen MR) is 329 cm³/mol. The summed E-state index contributed by atoms with van der Waals surface area (Å²) in [6.45, 7) is 0. The van der Waals surface area contributed by atoms with Gasteiger partial charge in [-0.05, 0) is 109 Å². The van der Waals surface area contributed by atoms with Crippen molar-refractivity contribution in [3.8, 4) is 118 Å². The van der Waals surface area contributed by atoms with Gasteiger partial charge in [0, 0.05) is 38.6 Å². The molecule has 0 saturated heterocycles. The highest BCUT2D eigenvalue weighted by Gasteiger charge is 2.26. The SMILES string of the molecule is c1ccc(-c2ccc(-c3nc(-c4cc(-c5ccccc5)cc(-c5ccccc5)c4)nc(-c4cc(-c5ccccc5)c(-n5c6cccc(-c7ccccc7)c6c6c(-c7ccccc7)cccc65)c(-c5ccccc5)c4)n3)cc2)cc1. The zero-order valence-electron chi connectivity index (χ0n) is 43.2. The molecular weight excluding hydrogens is 957 g/mol. The number of hydrogen-bond acceptors (Lipinski definition) is 3. The highest BCUT2D eigenvalue weighted by atomic mass is 15.0. The Kier molecular flexibility index (Phi) is 12.2. The highest BCUT2D eigenvalue weighted by molar-refractivity contribution is 6.21. The number of aromatic nitrogens is 4. The molecule has 4 nitrogen and oxygen atoms in total. The zero-order valence-corrected chi connectivity index (χ0v) is 43.2. The second-order valence-corrected chi connectivity index (χ2v) is 19.9. The summed E-state index contributed by atoms with van der Waals surface area (Å²) >= 11 is 0. The summed E-state index contributed by atoms with van der Waals surface area (Å²) in [5, 5.41) is 2.39. The van der Waals surface area contributed by atoms with Gasteiger partial charge in [0.25, 0.3) is 0 Å². The summed E-state index contributed by atoms with van der Waals surface area (Å²) in [6.07, 6.45) is 0. The average Bonchev–Trinajstić information content (AvgIpc) is 4.15. The van der Waals surface area contributed by atoms with E-state index in [1.54, 1.807) is 0 Å². The van der Waals surface area contributed by atoms with E-state index in [2.05, 4.69) is 302 Å². The van der Waals surface area contributed by atoms with Crippen LogP contribution in [0, 0.1) is 0 Å². The minimum atomic E-state index is 0.569. The van der Waals surface area contributed by atoms with E-state index >= 15 is 0 Å². The minimum absolute atomic E-state index is 0.569. The molecule has 4 heteroatoms. The molecule has 14 aromatic rings. The van der Waals surface area contributed by atoms with Crippen LogP contribution in [0.15, 0.2) is 303 Å². The van der Waals surface area contributed by atoms with Crippen molar-refractivity contribution in [2.45, 2.75) is 0 Å². The molecule has 14 rings (SSSR count). The number of hydrogen-bond donors (Lipinski definition) is 0. The van der Waals surface area contributed by atoms with E-state index in [1.165, 1.54) is 33.0 Å². The van der Waals surface area contributed by atoms with Crippen LogP contribution in [0.3, 0.4) is 0 Å². The van der Waals surface area contributed by atoms with Gasteiger partial charge < -0.3 is 4.57 Å². The summed E-state index contributed by atoms with van der Waals surface area (Å²) < 4.78 is 2.51. The van der Waals surface area contributed by atoms with Crippen LogP contribution in [0.1, 0.15) is 0 Å². The van der Waals surface area contributed by atoms with E-state index in [0.717, 1.165) is 89.0 Å². The minimum Gasteiger partial charge on any atom is -0.308 e. The van der Waals surface area contributed by atoms with Gasteiger partial charge in [-0.1, -0.05) is 261 Å². The Morgan fingerprint density at radius 1 is 0.190 bits per heavy atom. The van der Waals surface area contributed by atoms with E-state index in [1.807, 2.05) is 6.07 Å². The molecule has 0 atom stereocenters. The van der Waals surface area contributed by atoms with Gasteiger partial charge in [-0.3, -0.25) is 0 Å². The molecule has 0 N–H and O–H groups in total. The molecule has 0 amide bonds.